The topological polar surface area (TPSA) is 56.5 Å². The number of methoxy groups -OCH3 is 1. The normalized spacial score (nSPS) is 18.3. The number of rotatable bonds is 3. The Hall–Kier alpha value is -0.810. The van der Waals surface area contributed by atoms with Crippen molar-refractivity contribution in [2.24, 2.45) is 5.84 Å². The number of nitrogens with two attached hydrogens (primary N) is 1. The molecule has 0 bridgehead atoms. The van der Waals surface area contributed by atoms with Crippen molar-refractivity contribution in [1.29, 1.82) is 0 Å². The van der Waals surface area contributed by atoms with Crippen LogP contribution in [0.2, 0.25) is 5.02 Å². The van der Waals surface area contributed by atoms with Crippen molar-refractivity contribution < 1.29 is 9.47 Å². The molecule has 1 aliphatic rings. The molecule has 2 rings (SSSR count). The highest BCUT2D eigenvalue weighted by atomic mass is 35.5. The third-order valence-corrected chi connectivity index (χ3v) is 2.98. The Balaban J connectivity index is 2.36. The molecule has 15 heavy (non-hydrogen) atoms. The van der Waals surface area contributed by atoms with Gasteiger partial charge in [-0.15, -0.1) is 0 Å². The van der Waals surface area contributed by atoms with Gasteiger partial charge in [-0.2, -0.15) is 0 Å². The predicted octanol–water partition coefficient (Wildman–Crippen LogP) is 1.04. The minimum atomic E-state index is -0.344. The summed E-state index contributed by atoms with van der Waals surface area (Å²) in [6, 6.07) is 5.54. The average Bonchev–Trinajstić information content (AvgIpc) is 2.19. The second kappa shape index (κ2) is 3.98. The van der Waals surface area contributed by atoms with Gasteiger partial charge in [-0.25, -0.2) is 5.43 Å². The maximum Gasteiger partial charge on any atom is 0.120 e. The lowest BCUT2D eigenvalue weighted by atomic mass is 9.88. The Labute approximate surface area is 93.3 Å². The molecule has 0 unspecified atom stereocenters. The highest BCUT2D eigenvalue weighted by Gasteiger charge is 2.40. The average molecular weight is 229 g/mol. The van der Waals surface area contributed by atoms with Crippen LogP contribution in [-0.2, 0) is 10.3 Å². The van der Waals surface area contributed by atoms with Crippen molar-refractivity contribution in [3.05, 3.63) is 28.8 Å². The first-order valence-corrected chi connectivity index (χ1v) is 4.99. The molecule has 82 valence electrons. The van der Waals surface area contributed by atoms with Crippen LogP contribution in [0.4, 0.5) is 0 Å². The summed E-state index contributed by atoms with van der Waals surface area (Å²) in [5.41, 5.74) is 3.36. The molecule has 4 nitrogen and oxygen atoms in total. The molecule has 1 saturated heterocycles. The summed E-state index contributed by atoms with van der Waals surface area (Å²) in [5.74, 6) is 6.25. The molecule has 1 aliphatic heterocycles. The zero-order chi connectivity index (χ0) is 10.9. The number of halogens is 1. The van der Waals surface area contributed by atoms with E-state index in [0.29, 0.717) is 18.2 Å². The Morgan fingerprint density at radius 2 is 2.27 bits per heavy atom. The van der Waals surface area contributed by atoms with E-state index in [4.69, 9.17) is 26.9 Å². The minimum absolute atomic E-state index is 0.344. The van der Waals surface area contributed by atoms with E-state index in [-0.39, 0.29) is 5.54 Å². The van der Waals surface area contributed by atoms with Crippen molar-refractivity contribution >= 4 is 11.6 Å². The summed E-state index contributed by atoms with van der Waals surface area (Å²) in [4.78, 5) is 0. The number of nitrogens with one attached hydrogen (secondary N) is 1. The summed E-state index contributed by atoms with van der Waals surface area (Å²) >= 11 is 6.15. The Bertz CT molecular complexity index is 361. The molecule has 1 heterocycles. The molecule has 0 radical (unpaired) electrons. The van der Waals surface area contributed by atoms with Gasteiger partial charge in [0.15, 0.2) is 0 Å². The third kappa shape index (κ3) is 1.70. The van der Waals surface area contributed by atoms with Gasteiger partial charge < -0.3 is 9.47 Å². The van der Waals surface area contributed by atoms with Crippen molar-refractivity contribution in [2.75, 3.05) is 20.3 Å². The molecule has 0 amide bonds. The number of hydrogen-bond donors (Lipinski definition) is 2. The van der Waals surface area contributed by atoms with Crippen molar-refractivity contribution in [3.8, 4) is 5.75 Å². The Kier molecular flexibility index (Phi) is 2.84. The van der Waals surface area contributed by atoms with Crippen LogP contribution in [0.1, 0.15) is 5.56 Å². The maximum atomic E-state index is 6.15. The molecule has 1 fully saturated rings. The smallest absolute Gasteiger partial charge is 0.120 e. The molecule has 0 spiro atoms. The lowest BCUT2D eigenvalue weighted by Gasteiger charge is -2.41. The molecule has 0 atom stereocenters. The van der Waals surface area contributed by atoms with Crippen LogP contribution in [0.25, 0.3) is 0 Å². The monoisotopic (exact) mass is 228 g/mol. The van der Waals surface area contributed by atoms with Gasteiger partial charge in [-0.3, -0.25) is 5.84 Å². The zero-order valence-corrected chi connectivity index (χ0v) is 9.17. The van der Waals surface area contributed by atoms with Crippen LogP contribution in [0.15, 0.2) is 18.2 Å². The summed E-state index contributed by atoms with van der Waals surface area (Å²) < 4.78 is 10.2. The van der Waals surface area contributed by atoms with Gasteiger partial charge in [0.05, 0.1) is 20.3 Å². The number of hydrazine groups is 1. The number of hydrogen-bond acceptors (Lipinski definition) is 4. The standard InChI is InChI=1S/C10H13ClN2O2/c1-14-7-2-3-8(9(11)4-7)10(13-12)5-15-6-10/h2-4,13H,5-6,12H2,1H3. The molecule has 1 aromatic rings. The first kappa shape index (κ1) is 10.7. The maximum absolute atomic E-state index is 6.15. The van der Waals surface area contributed by atoms with Gasteiger partial charge in [0.2, 0.25) is 0 Å². The Morgan fingerprint density at radius 1 is 1.53 bits per heavy atom. The lowest BCUT2D eigenvalue weighted by molar-refractivity contribution is -0.0786. The largest absolute Gasteiger partial charge is 0.497 e. The molecule has 0 aliphatic carbocycles. The summed E-state index contributed by atoms with van der Waals surface area (Å²) in [6.45, 7) is 1.07. The summed E-state index contributed by atoms with van der Waals surface area (Å²) in [5, 5.41) is 0.635. The fourth-order valence-electron chi connectivity index (χ4n) is 1.63. The molecule has 3 N–H and O–H groups in total. The summed E-state index contributed by atoms with van der Waals surface area (Å²) in [6.07, 6.45) is 0. The molecular formula is C10H13ClN2O2. The number of ether oxygens (including phenoxy) is 2. The van der Waals surface area contributed by atoms with Crippen LogP contribution in [0.3, 0.4) is 0 Å². The van der Waals surface area contributed by atoms with Gasteiger partial charge in [-0.1, -0.05) is 17.7 Å². The summed E-state index contributed by atoms with van der Waals surface area (Å²) in [7, 11) is 1.61. The Morgan fingerprint density at radius 3 is 2.67 bits per heavy atom. The van der Waals surface area contributed by atoms with Gasteiger partial charge in [0.1, 0.15) is 11.3 Å². The number of benzene rings is 1. The SMILES string of the molecule is COc1ccc(C2(NN)COC2)c(Cl)c1. The predicted molar refractivity (Wildman–Crippen MR) is 57.8 cm³/mol. The van der Waals surface area contributed by atoms with Crippen molar-refractivity contribution in [1.82, 2.24) is 5.43 Å². The van der Waals surface area contributed by atoms with Gasteiger partial charge in [0, 0.05) is 5.02 Å². The van der Waals surface area contributed by atoms with Crippen LogP contribution in [0.5, 0.6) is 5.75 Å². The van der Waals surface area contributed by atoms with Crippen LogP contribution in [-0.4, -0.2) is 20.3 Å². The highest BCUT2D eigenvalue weighted by molar-refractivity contribution is 6.31. The quantitative estimate of drug-likeness (QED) is 0.600. The molecule has 0 saturated carbocycles. The fourth-order valence-corrected chi connectivity index (χ4v) is 1.99. The second-order valence-electron chi connectivity index (χ2n) is 3.57. The van der Waals surface area contributed by atoms with E-state index in [9.17, 15) is 0 Å². The first-order chi connectivity index (χ1) is 7.22. The van der Waals surface area contributed by atoms with E-state index < -0.39 is 0 Å². The third-order valence-electron chi connectivity index (χ3n) is 2.67. The molecule has 5 heteroatoms. The first-order valence-electron chi connectivity index (χ1n) is 4.61. The van der Waals surface area contributed by atoms with Gasteiger partial charge >= 0.3 is 0 Å². The van der Waals surface area contributed by atoms with Gasteiger partial charge in [-0.05, 0) is 17.7 Å². The van der Waals surface area contributed by atoms with Crippen molar-refractivity contribution in [2.45, 2.75) is 5.54 Å². The van der Waals surface area contributed by atoms with E-state index in [0.717, 1.165) is 11.3 Å². The lowest BCUT2D eigenvalue weighted by Crippen LogP contribution is -2.60. The molecule has 0 aromatic heterocycles. The fraction of sp³-hybridized carbons (Fsp3) is 0.400. The van der Waals surface area contributed by atoms with Crippen LogP contribution < -0.4 is 16.0 Å². The zero-order valence-electron chi connectivity index (χ0n) is 8.42. The van der Waals surface area contributed by atoms with Crippen LogP contribution in [0, 0.1) is 0 Å². The van der Waals surface area contributed by atoms with E-state index in [1.54, 1.807) is 13.2 Å². The van der Waals surface area contributed by atoms with E-state index in [2.05, 4.69) is 5.43 Å². The minimum Gasteiger partial charge on any atom is -0.497 e. The second-order valence-corrected chi connectivity index (χ2v) is 3.97. The molecule has 1 aromatic carbocycles. The van der Waals surface area contributed by atoms with E-state index >= 15 is 0 Å². The molecular weight excluding hydrogens is 216 g/mol. The van der Waals surface area contributed by atoms with Crippen molar-refractivity contribution in [3.63, 3.8) is 0 Å². The van der Waals surface area contributed by atoms with Gasteiger partial charge in [0.25, 0.3) is 0 Å². The van der Waals surface area contributed by atoms with Crippen LogP contribution >= 0.6 is 11.6 Å². The van der Waals surface area contributed by atoms with E-state index in [1.165, 1.54) is 0 Å². The highest BCUT2D eigenvalue weighted by Crippen LogP contribution is 2.35. The van der Waals surface area contributed by atoms with E-state index in [1.807, 2.05) is 12.1 Å².